The number of hydrogen-bond donors (Lipinski definition) is 0. The van der Waals surface area contributed by atoms with Crippen molar-refractivity contribution >= 4 is 31.1 Å². The molecular weight excluding hydrogens is 397 g/mol. The highest BCUT2D eigenvalue weighted by Gasteiger charge is 2.14. The topological polar surface area (TPSA) is 21.6 Å². The van der Waals surface area contributed by atoms with Gasteiger partial charge in [0.05, 0.1) is 12.3 Å². The molecule has 0 radical (unpaired) electrons. The lowest BCUT2D eigenvalue weighted by atomic mass is 10.0. The van der Waals surface area contributed by atoms with Gasteiger partial charge in [0.1, 0.15) is 5.75 Å². The third-order valence-corrected chi connectivity index (χ3v) is 6.99. The van der Waals surface area contributed by atoms with Crippen LogP contribution in [0.3, 0.4) is 0 Å². The molecule has 156 valence electrons. The second-order valence-electron chi connectivity index (χ2n) is 7.83. The van der Waals surface area contributed by atoms with Gasteiger partial charge in [0.2, 0.25) is 0 Å². The number of nitrogens with zero attached hydrogens (tertiary/aromatic N) is 1. The van der Waals surface area contributed by atoms with E-state index in [1.165, 1.54) is 21.7 Å². The van der Waals surface area contributed by atoms with Crippen molar-refractivity contribution in [1.29, 1.82) is 0 Å². The molecular formula is C28H28NOP. The summed E-state index contributed by atoms with van der Waals surface area (Å²) in [6, 6.07) is 23.0. The largest absolute Gasteiger partial charge is 0.492 e. The van der Waals surface area contributed by atoms with Gasteiger partial charge in [0.25, 0.3) is 0 Å². The predicted octanol–water partition coefficient (Wildman–Crippen LogP) is 6.19. The van der Waals surface area contributed by atoms with Crippen LogP contribution >= 0.6 is 8.58 Å². The Hall–Kier alpha value is -2.96. The molecule has 3 heteroatoms. The van der Waals surface area contributed by atoms with Gasteiger partial charge >= 0.3 is 0 Å². The Balaban J connectivity index is 1.59. The number of aryl methyl sites for hydroxylation is 2. The molecule has 0 bridgehead atoms. The summed E-state index contributed by atoms with van der Waals surface area (Å²) < 4.78 is 6.38. The maximum Gasteiger partial charge on any atom is 0.129 e. The zero-order valence-corrected chi connectivity index (χ0v) is 19.1. The smallest absolute Gasteiger partial charge is 0.129 e. The van der Waals surface area contributed by atoms with Gasteiger partial charge in [0, 0.05) is 23.0 Å². The fourth-order valence-electron chi connectivity index (χ4n) is 3.65. The van der Waals surface area contributed by atoms with E-state index in [1.807, 2.05) is 36.5 Å². The lowest BCUT2D eigenvalue weighted by Gasteiger charge is -2.19. The highest BCUT2D eigenvalue weighted by atomic mass is 31.1. The molecule has 2 nitrogen and oxygen atoms in total. The summed E-state index contributed by atoms with van der Waals surface area (Å²) in [4.78, 5) is 4.69. The number of aliphatic imine (C=N–C) groups is 1. The van der Waals surface area contributed by atoms with Gasteiger partial charge in [0.15, 0.2) is 0 Å². The van der Waals surface area contributed by atoms with Crippen LogP contribution in [-0.4, -0.2) is 12.8 Å². The quantitative estimate of drug-likeness (QED) is 0.326. The van der Waals surface area contributed by atoms with E-state index in [-0.39, 0.29) is 0 Å². The minimum atomic E-state index is 0.438. The summed E-state index contributed by atoms with van der Waals surface area (Å²) in [6.45, 7) is 5.02. The Morgan fingerprint density at radius 1 is 0.935 bits per heavy atom. The van der Waals surface area contributed by atoms with Crippen LogP contribution in [0.15, 0.2) is 96.0 Å². The molecule has 3 aromatic rings. The van der Waals surface area contributed by atoms with E-state index in [4.69, 9.17) is 9.73 Å². The van der Waals surface area contributed by atoms with Gasteiger partial charge in [-0.3, -0.25) is 4.99 Å². The maximum atomic E-state index is 6.38. The molecule has 0 heterocycles. The Bertz CT molecular complexity index is 1120. The average Bonchev–Trinajstić information content (AvgIpc) is 2.80. The van der Waals surface area contributed by atoms with Crippen molar-refractivity contribution in [2.24, 2.45) is 10.9 Å². The van der Waals surface area contributed by atoms with Crippen molar-refractivity contribution < 1.29 is 4.74 Å². The van der Waals surface area contributed by atoms with Crippen molar-refractivity contribution in [1.82, 2.24) is 0 Å². The third kappa shape index (κ3) is 5.60. The first-order valence-electron chi connectivity index (χ1n) is 10.7. The Kier molecular flexibility index (Phi) is 7.12. The van der Waals surface area contributed by atoms with E-state index in [0.717, 1.165) is 23.4 Å². The van der Waals surface area contributed by atoms with Crippen molar-refractivity contribution in [3.05, 3.63) is 108 Å². The van der Waals surface area contributed by atoms with E-state index in [9.17, 15) is 0 Å². The number of para-hydroxylation sites is 2. The minimum Gasteiger partial charge on any atom is -0.492 e. The van der Waals surface area contributed by atoms with Crippen LogP contribution in [0.5, 0.6) is 5.75 Å². The van der Waals surface area contributed by atoms with Gasteiger partial charge in [-0.15, -0.1) is 0 Å². The van der Waals surface area contributed by atoms with Crippen LogP contribution in [0, 0.1) is 19.8 Å². The monoisotopic (exact) mass is 425 g/mol. The van der Waals surface area contributed by atoms with Gasteiger partial charge < -0.3 is 4.74 Å². The maximum absolute atomic E-state index is 6.38. The molecule has 0 aromatic heterocycles. The molecule has 2 atom stereocenters. The van der Waals surface area contributed by atoms with Gasteiger partial charge in [-0.05, 0) is 48.8 Å². The molecule has 31 heavy (non-hydrogen) atoms. The van der Waals surface area contributed by atoms with Gasteiger partial charge in [-0.2, -0.15) is 0 Å². The van der Waals surface area contributed by atoms with Crippen LogP contribution in [0.25, 0.3) is 0 Å². The first-order valence-corrected chi connectivity index (χ1v) is 11.7. The highest BCUT2D eigenvalue weighted by molar-refractivity contribution is 7.56. The van der Waals surface area contributed by atoms with Crippen molar-refractivity contribution in [2.75, 3.05) is 6.61 Å². The van der Waals surface area contributed by atoms with Crippen molar-refractivity contribution in [2.45, 2.75) is 20.3 Å². The zero-order chi connectivity index (χ0) is 21.5. The molecule has 3 aromatic carbocycles. The molecule has 2 unspecified atom stereocenters. The van der Waals surface area contributed by atoms with E-state index < -0.39 is 0 Å². The molecule has 0 amide bonds. The van der Waals surface area contributed by atoms with Crippen molar-refractivity contribution in [3.63, 3.8) is 0 Å². The third-order valence-electron chi connectivity index (χ3n) is 5.40. The molecule has 4 rings (SSSR count). The van der Waals surface area contributed by atoms with E-state index in [1.54, 1.807) is 0 Å². The number of rotatable bonds is 7. The normalized spacial score (nSPS) is 15.9. The summed E-state index contributed by atoms with van der Waals surface area (Å²) in [5.74, 6) is 1.46. The fourth-order valence-corrected chi connectivity index (χ4v) is 5.05. The average molecular weight is 426 g/mol. The Morgan fingerprint density at radius 3 is 2.55 bits per heavy atom. The zero-order valence-electron chi connectivity index (χ0n) is 18.1. The second-order valence-corrected chi connectivity index (χ2v) is 9.12. The number of allylic oxidation sites excluding steroid dienone is 3. The molecule has 0 aliphatic heterocycles. The standard InChI is InChI=1S/C28H28NOP/c1-21-11-10-18-26(27(21)30-20-23-13-5-3-6-14-23)31-28-22(2)12-9-15-24(28)19-29-25-16-7-4-8-17-25/h3-13,15-19,23,31H,14,20H2,1-2H3/b29-19+. The molecule has 1 aliphatic rings. The van der Waals surface area contributed by atoms with E-state index in [0.29, 0.717) is 21.1 Å². The summed E-state index contributed by atoms with van der Waals surface area (Å²) >= 11 is 0. The lowest BCUT2D eigenvalue weighted by Crippen LogP contribution is -2.17. The summed E-state index contributed by atoms with van der Waals surface area (Å²) in [5.41, 5.74) is 4.60. The molecule has 1 aliphatic carbocycles. The summed E-state index contributed by atoms with van der Waals surface area (Å²) in [7, 11) is 0.508. The summed E-state index contributed by atoms with van der Waals surface area (Å²) in [5, 5.41) is 2.57. The van der Waals surface area contributed by atoms with Crippen LogP contribution in [0.4, 0.5) is 5.69 Å². The molecule has 0 spiro atoms. The number of benzene rings is 3. The number of ether oxygens (including phenoxy) is 1. The Labute approximate surface area is 187 Å². The van der Waals surface area contributed by atoms with Crippen LogP contribution < -0.4 is 15.3 Å². The van der Waals surface area contributed by atoms with Crippen molar-refractivity contribution in [3.8, 4) is 5.75 Å². The van der Waals surface area contributed by atoms with Crippen LogP contribution in [0.2, 0.25) is 0 Å². The SMILES string of the molecule is Cc1cccc(Pc2c(C)cccc2/C=N/c2ccccc2)c1OCC1C=CC=CC1. The first kappa shape index (κ1) is 21.3. The summed E-state index contributed by atoms with van der Waals surface area (Å²) in [6.07, 6.45) is 11.7. The first-order chi connectivity index (χ1) is 15.2. The fraction of sp³-hybridized carbons (Fsp3) is 0.179. The minimum absolute atomic E-state index is 0.438. The van der Waals surface area contributed by atoms with Crippen LogP contribution in [-0.2, 0) is 0 Å². The van der Waals surface area contributed by atoms with Gasteiger partial charge in [-0.25, -0.2) is 0 Å². The van der Waals surface area contributed by atoms with E-state index in [2.05, 4.69) is 74.5 Å². The second kappa shape index (κ2) is 10.4. The predicted molar refractivity (Wildman–Crippen MR) is 136 cm³/mol. The Morgan fingerprint density at radius 2 is 1.74 bits per heavy atom. The molecule has 0 fully saturated rings. The molecule has 0 saturated carbocycles. The van der Waals surface area contributed by atoms with Crippen LogP contribution in [0.1, 0.15) is 23.1 Å². The number of hydrogen-bond acceptors (Lipinski definition) is 2. The highest BCUT2D eigenvalue weighted by Crippen LogP contribution is 2.26. The molecule has 0 N–H and O–H groups in total. The lowest BCUT2D eigenvalue weighted by molar-refractivity contribution is 0.276. The van der Waals surface area contributed by atoms with E-state index >= 15 is 0 Å². The van der Waals surface area contributed by atoms with Gasteiger partial charge in [-0.1, -0.05) is 87.5 Å². The molecule has 0 saturated heterocycles.